The number of nitrogens with zero attached hydrogens (tertiary/aromatic N) is 1. The Bertz CT molecular complexity index is 762. The second kappa shape index (κ2) is 8.68. The Balaban J connectivity index is 1.86. The molecule has 0 unspecified atom stereocenters. The molecule has 0 saturated carbocycles. The van der Waals surface area contributed by atoms with Gasteiger partial charge in [-0.05, 0) is 42.7 Å². The maximum Gasteiger partial charge on any atom is 0.314 e. The molecule has 0 radical (unpaired) electrons. The summed E-state index contributed by atoms with van der Waals surface area (Å²) in [6.45, 7) is 2.13. The summed E-state index contributed by atoms with van der Waals surface area (Å²) in [5, 5.41) is 5.08. The number of pyridine rings is 1. The van der Waals surface area contributed by atoms with Gasteiger partial charge >= 0.3 is 11.8 Å². The van der Waals surface area contributed by atoms with E-state index >= 15 is 0 Å². The number of nitrogens with one attached hydrogen (secondary N) is 2. The largest absolute Gasteiger partial charge is 0.493 e. The van der Waals surface area contributed by atoms with E-state index in [1.54, 1.807) is 45.5 Å². The lowest BCUT2D eigenvalue weighted by molar-refractivity contribution is -0.136. The Morgan fingerprint density at radius 1 is 1.08 bits per heavy atom. The molecule has 2 N–H and O–H groups in total. The molecular weight excluding hydrogens is 322 g/mol. The highest BCUT2D eigenvalue weighted by molar-refractivity contribution is 6.39. The molecule has 1 aromatic carbocycles. The minimum atomic E-state index is -0.742. The average molecular weight is 343 g/mol. The van der Waals surface area contributed by atoms with Crippen LogP contribution in [-0.4, -0.2) is 37.6 Å². The first-order valence-electron chi connectivity index (χ1n) is 7.77. The first kappa shape index (κ1) is 18.3. The Labute approximate surface area is 146 Å². The van der Waals surface area contributed by atoms with Gasteiger partial charge < -0.3 is 20.1 Å². The number of rotatable bonds is 6. The normalized spacial score (nSPS) is 10.0. The summed E-state index contributed by atoms with van der Waals surface area (Å²) in [7, 11) is 3.13. The predicted octanol–water partition coefficient (Wildman–Crippen LogP) is 1.70. The number of methoxy groups -OCH3 is 2. The van der Waals surface area contributed by atoms with Crippen LogP contribution in [0.4, 0.5) is 5.82 Å². The summed E-state index contributed by atoms with van der Waals surface area (Å²) in [5.41, 5.74) is 1.74. The number of hydrogen-bond donors (Lipinski definition) is 2. The molecule has 0 aliphatic carbocycles. The Morgan fingerprint density at radius 2 is 1.84 bits per heavy atom. The second-order valence-corrected chi connectivity index (χ2v) is 5.32. The van der Waals surface area contributed by atoms with Crippen LogP contribution in [0.15, 0.2) is 36.5 Å². The average Bonchev–Trinajstić information content (AvgIpc) is 2.63. The summed E-state index contributed by atoms with van der Waals surface area (Å²) in [4.78, 5) is 27.8. The molecule has 0 aliphatic rings. The Kier molecular flexibility index (Phi) is 6.33. The summed E-state index contributed by atoms with van der Waals surface area (Å²) in [6.07, 6.45) is 2.11. The monoisotopic (exact) mass is 343 g/mol. The molecule has 7 nitrogen and oxygen atoms in total. The maximum absolute atomic E-state index is 11.9. The van der Waals surface area contributed by atoms with Crippen molar-refractivity contribution in [2.45, 2.75) is 13.3 Å². The highest BCUT2D eigenvalue weighted by Crippen LogP contribution is 2.27. The SMILES string of the molecule is COc1ccc(CCNC(=O)C(=O)Nc2ncccc2C)cc1OC. The van der Waals surface area contributed by atoms with Crippen LogP contribution < -0.4 is 20.1 Å². The molecule has 7 heteroatoms. The first-order valence-corrected chi connectivity index (χ1v) is 7.77. The smallest absolute Gasteiger partial charge is 0.314 e. The van der Waals surface area contributed by atoms with Gasteiger partial charge in [-0.25, -0.2) is 4.98 Å². The van der Waals surface area contributed by atoms with E-state index < -0.39 is 11.8 Å². The third-order valence-corrected chi connectivity index (χ3v) is 3.59. The van der Waals surface area contributed by atoms with Crippen LogP contribution in [0, 0.1) is 6.92 Å². The third-order valence-electron chi connectivity index (χ3n) is 3.59. The zero-order chi connectivity index (χ0) is 18.2. The quantitative estimate of drug-likeness (QED) is 0.779. The number of anilines is 1. The second-order valence-electron chi connectivity index (χ2n) is 5.32. The summed E-state index contributed by atoms with van der Waals surface area (Å²) < 4.78 is 10.4. The molecule has 0 fully saturated rings. The van der Waals surface area contributed by atoms with Crippen molar-refractivity contribution in [1.82, 2.24) is 10.3 Å². The van der Waals surface area contributed by atoms with Crippen LogP contribution in [0.25, 0.3) is 0 Å². The minimum absolute atomic E-state index is 0.322. The van der Waals surface area contributed by atoms with Crippen LogP contribution in [0.5, 0.6) is 11.5 Å². The molecule has 1 aromatic heterocycles. The summed E-state index contributed by atoms with van der Waals surface area (Å²) in [6, 6.07) is 9.07. The van der Waals surface area contributed by atoms with E-state index in [0.717, 1.165) is 11.1 Å². The minimum Gasteiger partial charge on any atom is -0.493 e. The molecule has 2 aromatic rings. The molecule has 0 bridgehead atoms. The molecule has 2 amide bonds. The van der Waals surface area contributed by atoms with E-state index in [2.05, 4.69) is 15.6 Å². The number of hydrogen-bond acceptors (Lipinski definition) is 5. The Morgan fingerprint density at radius 3 is 2.52 bits per heavy atom. The van der Waals surface area contributed by atoms with Gasteiger partial charge in [0.2, 0.25) is 0 Å². The lowest BCUT2D eigenvalue weighted by Gasteiger charge is -2.10. The van der Waals surface area contributed by atoms with E-state index in [9.17, 15) is 9.59 Å². The van der Waals surface area contributed by atoms with Gasteiger partial charge in [-0.15, -0.1) is 0 Å². The molecule has 25 heavy (non-hydrogen) atoms. The van der Waals surface area contributed by atoms with Gasteiger partial charge in [0, 0.05) is 12.7 Å². The molecule has 1 heterocycles. The van der Waals surface area contributed by atoms with Crippen LogP contribution in [0.2, 0.25) is 0 Å². The van der Waals surface area contributed by atoms with Crippen molar-refractivity contribution in [3.63, 3.8) is 0 Å². The van der Waals surface area contributed by atoms with Crippen LogP contribution in [-0.2, 0) is 16.0 Å². The Hall–Kier alpha value is -3.09. The fraction of sp³-hybridized carbons (Fsp3) is 0.278. The number of carbonyl (C=O) groups is 2. The lowest BCUT2D eigenvalue weighted by atomic mass is 10.1. The van der Waals surface area contributed by atoms with E-state index in [1.165, 1.54) is 0 Å². The van der Waals surface area contributed by atoms with Crippen LogP contribution >= 0.6 is 0 Å². The molecule has 2 rings (SSSR count). The van der Waals surface area contributed by atoms with Crippen molar-refractivity contribution >= 4 is 17.6 Å². The first-order chi connectivity index (χ1) is 12.0. The van der Waals surface area contributed by atoms with Gasteiger partial charge in [-0.2, -0.15) is 0 Å². The van der Waals surface area contributed by atoms with Gasteiger partial charge in [-0.1, -0.05) is 12.1 Å². The van der Waals surface area contributed by atoms with Crippen molar-refractivity contribution in [3.8, 4) is 11.5 Å². The summed E-state index contributed by atoms with van der Waals surface area (Å²) in [5.74, 6) is 0.192. The van der Waals surface area contributed by atoms with Crippen molar-refractivity contribution in [1.29, 1.82) is 0 Å². The van der Waals surface area contributed by atoms with Gasteiger partial charge in [0.1, 0.15) is 5.82 Å². The van der Waals surface area contributed by atoms with Gasteiger partial charge in [0.05, 0.1) is 14.2 Å². The summed E-state index contributed by atoms with van der Waals surface area (Å²) >= 11 is 0. The number of benzene rings is 1. The standard InChI is InChI=1S/C18H21N3O4/c1-12-5-4-9-19-16(12)21-18(23)17(22)20-10-8-13-6-7-14(24-2)15(11-13)25-3/h4-7,9,11H,8,10H2,1-3H3,(H,20,22)(H,19,21,23). The molecule has 0 atom stereocenters. The highest BCUT2D eigenvalue weighted by atomic mass is 16.5. The van der Waals surface area contributed by atoms with Crippen LogP contribution in [0.1, 0.15) is 11.1 Å². The number of ether oxygens (including phenoxy) is 2. The maximum atomic E-state index is 11.9. The number of aromatic nitrogens is 1. The predicted molar refractivity (Wildman–Crippen MR) is 93.9 cm³/mol. The molecule has 132 valence electrons. The number of aryl methyl sites for hydroxylation is 1. The third kappa shape index (κ3) is 4.94. The fourth-order valence-electron chi connectivity index (χ4n) is 2.22. The lowest BCUT2D eigenvalue weighted by Crippen LogP contribution is -2.36. The van der Waals surface area contributed by atoms with Crippen molar-refractivity contribution in [3.05, 3.63) is 47.7 Å². The fourth-order valence-corrected chi connectivity index (χ4v) is 2.22. The topological polar surface area (TPSA) is 89.5 Å². The van der Waals surface area contributed by atoms with E-state index in [-0.39, 0.29) is 0 Å². The van der Waals surface area contributed by atoms with Gasteiger partial charge in [0.15, 0.2) is 11.5 Å². The van der Waals surface area contributed by atoms with E-state index in [4.69, 9.17) is 9.47 Å². The van der Waals surface area contributed by atoms with Crippen molar-refractivity contribution in [2.24, 2.45) is 0 Å². The van der Waals surface area contributed by atoms with Gasteiger partial charge in [0.25, 0.3) is 0 Å². The van der Waals surface area contributed by atoms with Crippen LogP contribution in [0.3, 0.4) is 0 Å². The molecule has 0 aliphatic heterocycles. The number of carbonyl (C=O) groups excluding carboxylic acids is 2. The molecule has 0 spiro atoms. The van der Waals surface area contributed by atoms with E-state index in [1.807, 2.05) is 12.1 Å². The van der Waals surface area contributed by atoms with Crippen molar-refractivity contribution in [2.75, 3.05) is 26.1 Å². The molecular formula is C18H21N3O4. The van der Waals surface area contributed by atoms with E-state index in [0.29, 0.717) is 30.3 Å². The number of amides is 2. The van der Waals surface area contributed by atoms with Crippen molar-refractivity contribution < 1.29 is 19.1 Å². The van der Waals surface area contributed by atoms with Gasteiger partial charge in [-0.3, -0.25) is 9.59 Å². The zero-order valence-electron chi connectivity index (χ0n) is 14.5. The zero-order valence-corrected chi connectivity index (χ0v) is 14.5. The highest BCUT2D eigenvalue weighted by Gasteiger charge is 2.14. The molecule has 0 saturated heterocycles.